The van der Waals surface area contributed by atoms with Gasteiger partial charge in [0.1, 0.15) is 10.6 Å². The maximum absolute atomic E-state index is 12.8. The summed E-state index contributed by atoms with van der Waals surface area (Å²) >= 11 is 0. The molecule has 2 heterocycles. The molecule has 1 aromatic rings. The molecule has 25 heavy (non-hydrogen) atoms. The first-order valence-corrected chi connectivity index (χ1v) is 10.4. The van der Waals surface area contributed by atoms with Crippen LogP contribution >= 0.6 is 0 Å². The smallest absolute Gasteiger partial charge is 0.267 e. The quantitative estimate of drug-likeness (QED) is 0.755. The van der Waals surface area contributed by atoms with E-state index in [2.05, 4.69) is 17.6 Å². The second-order valence-corrected chi connectivity index (χ2v) is 8.89. The van der Waals surface area contributed by atoms with Gasteiger partial charge in [0.25, 0.3) is 5.91 Å². The van der Waals surface area contributed by atoms with Crippen molar-refractivity contribution in [3.05, 3.63) is 18.0 Å². The van der Waals surface area contributed by atoms with E-state index >= 15 is 0 Å². The van der Waals surface area contributed by atoms with Crippen LogP contribution in [0.4, 0.5) is 0 Å². The first-order valence-electron chi connectivity index (χ1n) is 8.93. The fraction of sp³-hybridized carbons (Fsp3) is 0.706. The number of nitrogens with one attached hydrogen (secondary N) is 2. The average Bonchev–Trinajstić information content (AvgIpc) is 2.95. The second kappa shape index (κ2) is 8.33. The van der Waals surface area contributed by atoms with Gasteiger partial charge in [-0.3, -0.25) is 4.79 Å². The number of rotatable bonds is 7. The maximum atomic E-state index is 12.8. The Balaban J connectivity index is 2.11. The van der Waals surface area contributed by atoms with E-state index in [0.717, 1.165) is 19.4 Å². The Hall–Kier alpha value is -1.38. The number of amides is 1. The Morgan fingerprint density at radius 3 is 2.80 bits per heavy atom. The van der Waals surface area contributed by atoms with Crippen LogP contribution < -0.4 is 10.6 Å². The number of carbonyl (C=O) groups is 1. The first kappa shape index (κ1) is 19.9. The minimum Gasteiger partial charge on any atom is -0.349 e. The van der Waals surface area contributed by atoms with Crippen molar-refractivity contribution in [2.45, 2.75) is 44.6 Å². The zero-order chi connectivity index (χ0) is 18.6. The fourth-order valence-electron chi connectivity index (χ4n) is 3.17. The summed E-state index contributed by atoms with van der Waals surface area (Å²) in [4.78, 5) is 12.6. The molecule has 0 bridgehead atoms. The Morgan fingerprint density at radius 1 is 1.44 bits per heavy atom. The van der Waals surface area contributed by atoms with Crippen LogP contribution in [0.15, 0.2) is 17.2 Å². The van der Waals surface area contributed by atoms with E-state index in [4.69, 9.17) is 0 Å². The van der Waals surface area contributed by atoms with Gasteiger partial charge in [-0.05, 0) is 38.3 Å². The van der Waals surface area contributed by atoms with E-state index in [-0.39, 0.29) is 16.8 Å². The number of piperidine rings is 1. The molecule has 1 aliphatic heterocycles. The predicted molar refractivity (Wildman–Crippen MR) is 98.0 cm³/mol. The van der Waals surface area contributed by atoms with Crippen LogP contribution in [0.25, 0.3) is 0 Å². The number of likely N-dealkylation sites (N-methyl/N-ethyl adjacent to an activating group) is 1. The van der Waals surface area contributed by atoms with Crippen molar-refractivity contribution in [1.82, 2.24) is 19.5 Å². The van der Waals surface area contributed by atoms with Gasteiger partial charge in [-0.25, -0.2) is 8.42 Å². The van der Waals surface area contributed by atoms with E-state index in [9.17, 15) is 13.2 Å². The summed E-state index contributed by atoms with van der Waals surface area (Å²) in [5.74, 6) is 0.100. The Kier molecular flexibility index (Phi) is 6.65. The summed E-state index contributed by atoms with van der Waals surface area (Å²) in [5.41, 5.74) is 0.354. The Morgan fingerprint density at radius 2 is 2.16 bits per heavy atom. The van der Waals surface area contributed by atoms with Crippen molar-refractivity contribution < 1.29 is 13.2 Å². The lowest BCUT2D eigenvalue weighted by molar-refractivity contribution is 0.0942. The van der Waals surface area contributed by atoms with Gasteiger partial charge < -0.3 is 15.2 Å². The highest BCUT2D eigenvalue weighted by Crippen LogP contribution is 2.24. The summed E-state index contributed by atoms with van der Waals surface area (Å²) in [7, 11) is -1.85. The average molecular weight is 371 g/mol. The summed E-state index contributed by atoms with van der Waals surface area (Å²) in [6.45, 7) is 8.47. The molecule has 1 aromatic heterocycles. The van der Waals surface area contributed by atoms with Gasteiger partial charge in [0.15, 0.2) is 0 Å². The molecular formula is C17H30N4O3S. The lowest BCUT2D eigenvalue weighted by Crippen LogP contribution is -2.39. The third-order valence-electron chi connectivity index (χ3n) is 4.59. The molecular weight excluding hydrogens is 340 g/mol. The van der Waals surface area contributed by atoms with Crippen molar-refractivity contribution in [3.63, 3.8) is 0 Å². The Bertz CT molecular complexity index is 699. The fourth-order valence-corrected chi connectivity index (χ4v) is 4.84. The van der Waals surface area contributed by atoms with Gasteiger partial charge in [-0.1, -0.05) is 13.8 Å². The van der Waals surface area contributed by atoms with Gasteiger partial charge in [0, 0.05) is 38.9 Å². The maximum Gasteiger partial charge on any atom is 0.267 e. The van der Waals surface area contributed by atoms with Crippen molar-refractivity contribution in [2.75, 3.05) is 26.2 Å². The van der Waals surface area contributed by atoms with Crippen LogP contribution in [0, 0.1) is 5.92 Å². The van der Waals surface area contributed by atoms with Gasteiger partial charge in [-0.2, -0.15) is 4.31 Å². The summed E-state index contributed by atoms with van der Waals surface area (Å²) < 4.78 is 28.8. The minimum absolute atomic E-state index is 0.159. The zero-order valence-electron chi connectivity index (χ0n) is 15.6. The minimum atomic E-state index is -3.55. The number of hydrogen-bond donors (Lipinski definition) is 2. The van der Waals surface area contributed by atoms with Crippen LogP contribution in [0.3, 0.4) is 0 Å². The number of aryl methyl sites for hydroxylation is 1. The zero-order valence-corrected chi connectivity index (χ0v) is 16.4. The summed E-state index contributed by atoms with van der Waals surface area (Å²) in [5, 5.41) is 6.06. The van der Waals surface area contributed by atoms with Gasteiger partial charge >= 0.3 is 0 Å². The summed E-state index contributed by atoms with van der Waals surface area (Å²) in [6.07, 6.45) is 3.46. The molecule has 0 aliphatic carbocycles. The molecule has 1 amide bonds. The third kappa shape index (κ3) is 4.83. The van der Waals surface area contributed by atoms with E-state index in [1.54, 1.807) is 11.6 Å². The number of sulfonamides is 1. The molecule has 0 saturated carbocycles. The molecule has 2 N–H and O–H groups in total. The first-order chi connectivity index (χ1) is 11.8. The number of hydrogen-bond acceptors (Lipinski definition) is 4. The standard InChI is InChI=1S/C17H30N4O3S/c1-5-18-14(3)10-19-17(22)16-9-15(12-20(16)4)25(23,24)21-8-6-7-13(2)11-21/h9,12-14,18H,5-8,10-11H2,1-4H3,(H,19,22)/t13?,14-/m1/s1. The number of carbonyl (C=O) groups excluding carboxylic acids is 1. The molecule has 0 spiro atoms. The van der Waals surface area contributed by atoms with Crippen molar-refractivity contribution in [3.8, 4) is 0 Å². The second-order valence-electron chi connectivity index (χ2n) is 6.95. The lowest BCUT2D eigenvalue weighted by Gasteiger charge is -2.29. The van der Waals surface area contributed by atoms with Gasteiger partial charge in [0.05, 0.1) is 0 Å². The van der Waals surface area contributed by atoms with Crippen LogP contribution in [-0.2, 0) is 17.1 Å². The van der Waals surface area contributed by atoms with Crippen LogP contribution in [-0.4, -0.2) is 55.4 Å². The highest BCUT2D eigenvalue weighted by Gasteiger charge is 2.30. The number of aromatic nitrogens is 1. The molecule has 7 nitrogen and oxygen atoms in total. The van der Waals surface area contributed by atoms with Crippen LogP contribution in [0.1, 0.15) is 44.1 Å². The van der Waals surface area contributed by atoms with Crippen LogP contribution in [0.2, 0.25) is 0 Å². The van der Waals surface area contributed by atoms with E-state index in [0.29, 0.717) is 31.2 Å². The SMILES string of the molecule is CCN[C@H](C)CNC(=O)c1cc(S(=O)(=O)N2CCCC(C)C2)cn1C. The molecule has 1 fully saturated rings. The highest BCUT2D eigenvalue weighted by molar-refractivity contribution is 7.89. The molecule has 0 radical (unpaired) electrons. The number of nitrogens with zero attached hydrogens (tertiary/aromatic N) is 2. The molecule has 2 rings (SSSR count). The molecule has 142 valence electrons. The monoisotopic (exact) mass is 370 g/mol. The molecule has 8 heteroatoms. The molecule has 2 atom stereocenters. The largest absolute Gasteiger partial charge is 0.349 e. The predicted octanol–water partition coefficient (Wildman–Crippen LogP) is 1.17. The molecule has 1 aliphatic rings. The molecule has 0 aromatic carbocycles. The normalized spacial score (nSPS) is 20.4. The van der Waals surface area contributed by atoms with E-state index in [1.165, 1.54) is 16.6 Å². The Labute approximate surface area is 150 Å². The molecule has 1 unspecified atom stereocenters. The van der Waals surface area contributed by atoms with Crippen molar-refractivity contribution in [2.24, 2.45) is 13.0 Å². The summed E-state index contributed by atoms with van der Waals surface area (Å²) in [6, 6.07) is 1.63. The van der Waals surface area contributed by atoms with Gasteiger partial charge in [-0.15, -0.1) is 0 Å². The van der Waals surface area contributed by atoms with E-state index in [1.807, 2.05) is 13.8 Å². The molecule has 1 saturated heterocycles. The van der Waals surface area contributed by atoms with Crippen molar-refractivity contribution in [1.29, 1.82) is 0 Å². The highest BCUT2D eigenvalue weighted by atomic mass is 32.2. The van der Waals surface area contributed by atoms with E-state index < -0.39 is 10.0 Å². The van der Waals surface area contributed by atoms with Gasteiger partial charge in [0.2, 0.25) is 10.0 Å². The third-order valence-corrected chi connectivity index (χ3v) is 6.42. The lowest BCUT2D eigenvalue weighted by atomic mass is 10.0. The topological polar surface area (TPSA) is 83.4 Å². The van der Waals surface area contributed by atoms with Crippen LogP contribution in [0.5, 0.6) is 0 Å². The van der Waals surface area contributed by atoms with Crippen molar-refractivity contribution >= 4 is 15.9 Å².